The number of hydrogen-bond acceptors (Lipinski definition) is 2. The summed E-state index contributed by atoms with van der Waals surface area (Å²) in [6, 6.07) is 3.50. The maximum absolute atomic E-state index is 10.4. The Hall–Kier alpha value is -0.930. The van der Waals surface area contributed by atoms with Crippen LogP contribution in [-0.2, 0) is 11.2 Å². The molecule has 0 saturated carbocycles. The van der Waals surface area contributed by atoms with E-state index in [1.165, 1.54) is 0 Å². The van der Waals surface area contributed by atoms with Crippen LogP contribution in [0.3, 0.4) is 0 Å². The smallest absolute Gasteiger partial charge is 0.341 e. The molecule has 0 heterocycles. The van der Waals surface area contributed by atoms with Gasteiger partial charge in [-0.1, -0.05) is 49.0 Å². The maximum atomic E-state index is 10.4. The number of benzene rings is 1. The number of hydrogen-bond donors (Lipinski definition) is 1. The van der Waals surface area contributed by atoms with E-state index < -0.39 is 12.6 Å². The molecule has 0 radical (unpaired) electrons. The average Bonchev–Trinajstić information content (AvgIpc) is 2.33. The molecule has 1 aromatic carbocycles. The van der Waals surface area contributed by atoms with Crippen molar-refractivity contribution in [3.8, 4) is 5.75 Å². The second-order valence-corrected chi connectivity index (χ2v) is 4.75. The summed E-state index contributed by atoms with van der Waals surface area (Å²) in [5.74, 6) is -0.738. The van der Waals surface area contributed by atoms with Crippen molar-refractivity contribution >= 4 is 29.2 Å². The van der Waals surface area contributed by atoms with Crippen LogP contribution < -0.4 is 4.74 Å². The number of carbonyl (C=O) groups is 1. The van der Waals surface area contributed by atoms with Gasteiger partial charge >= 0.3 is 5.97 Å². The van der Waals surface area contributed by atoms with Crippen LogP contribution in [-0.4, -0.2) is 17.7 Å². The van der Waals surface area contributed by atoms with Crippen molar-refractivity contribution < 1.29 is 14.6 Å². The Morgan fingerprint density at radius 3 is 2.61 bits per heavy atom. The van der Waals surface area contributed by atoms with Crippen molar-refractivity contribution in [3.05, 3.63) is 27.7 Å². The fraction of sp³-hybridized carbons (Fsp3) is 0.462. The zero-order valence-electron chi connectivity index (χ0n) is 10.2. The van der Waals surface area contributed by atoms with Gasteiger partial charge in [-0.25, -0.2) is 4.79 Å². The lowest BCUT2D eigenvalue weighted by Gasteiger charge is -2.10. The van der Waals surface area contributed by atoms with Crippen LogP contribution >= 0.6 is 23.2 Å². The number of aliphatic carboxylic acids is 1. The third-order valence-electron chi connectivity index (χ3n) is 2.53. The quantitative estimate of drug-likeness (QED) is 0.766. The topological polar surface area (TPSA) is 46.5 Å². The van der Waals surface area contributed by atoms with Crippen LogP contribution in [0.4, 0.5) is 0 Å². The SMILES string of the molecule is CCCCCc1ccc(OCC(=O)O)c(Cl)c1Cl. The molecule has 1 N–H and O–H groups in total. The van der Waals surface area contributed by atoms with Gasteiger partial charge in [0.1, 0.15) is 10.8 Å². The Balaban J connectivity index is 2.74. The summed E-state index contributed by atoms with van der Waals surface area (Å²) in [4.78, 5) is 10.4. The fourth-order valence-corrected chi connectivity index (χ4v) is 2.07. The molecule has 0 aromatic heterocycles. The van der Waals surface area contributed by atoms with Crippen molar-refractivity contribution in [3.63, 3.8) is 0 Å². The van der Waals surface area contributed by atoms with E-state index in [1.54, 1.807) is 6.07 Å². The van der Waals surface area contributed by atoms with Crippen LogP contribution in [0.25, 0.3) is 0 Å². The molecule has 0 aliphatic rings. The van der Waals surface area contributed by atoms with Crippen LogP contribution in [0, 0.1) is 0 Å². The standard InChI is InChI=1S/C13H16Cl2O3/c1-2-3-4-5-9-6-7-10(13(15)12(9)14)18-8-11(16)17/h6-7H,2-5,8H2,1H3,(H,16,17). The number of halogens is 2. The van der Waals surface area contributed by atoms with Gasteiger partial charge in [-0.15, -0.1) is 0 Å². The third kappa shape index (κ3) is 4.39. The zero-order valence-corrected chi connectivity index (χ0v) is 11.7. The number of carboxylic acids is 1. The molecule has 5 heteroatoms. The van der Waals surface area contributed by atoms with Gasteiger partial charge in [0, 0.05) is 0 Å². The molecule has 3 nitrogen and oxygen atoms in total. The lowest BCUT2D eigenvalue weighted by Crippen LogP contribution is -2.09. The first kappa shape index (κ1) is 15.1. The molecule has 0 spiro atoms. The van der Waals surface area contributed by atoms with Gasteiger partial charge < -0.3 is 9.84 Å². The molecule has 0 amide bonds. The minimum absolute atomic E-state index is 0.284. The Bertz CT molecular complexity index is 419. The highest BCUT2D eigenvalue weighted by Crippen LogP contribution is 2.35. The Morgan fingerprint density at radius 1 is 1.28 bits per heavy atom. The van der Waals surface area contributed by atoms with Crippen LogP contribution in [0.2, 0.25) is 10.0 Å². The largest absolute Gasteiger partial charge is 0.480 e. The molecular formula is C13H16Cl2O3. The Labute approximate surface area is 117 Å². The van der Waals surface area contributed by atoms with Gasteiger partial charge in [-0.2, -0.15) is 0 Å². The molecule has 0 aliphatic carbocycles. The second-order valence-electron chi connectivity index (χ2n) is 3.99. The fourth-order valence-electron chi connectivity index (χ4n) is 1.58. The van der Waals surface area contributed by atoms with Gasteiger partial charge in [0.25, 0.3) is 0 Å². The second kappa shape index (κ2) is 7.49. The van der Waals surface area contributed by atoms with Crippen LogP contribution in [0.15, 0.2) is 12.1 Å². The predicted octanol–water partition coefficient (Wildman–Crippen LogP) is 4.19. The number of rotatable bonds is 7. The number of carboxylic acid groups (broad SMARTS) is 1. The first-order valence-electron chi connectivity index (χ1n) is 5.87. The Kier molecular flexibility index (Phi) is 6.30. The minimum Gasteiger partial charge on any atom is -0.480 e. The first-order valence-corrected chi connectivity index (χ1v) is 6.63. The van der Waals surface area contributed by atoms with Crippen molar-refractivity contribution in [2.24, 2.45) is 0 Å². The molecule has 0 aliphatic heterocycles. The van der Waals surface area contributed by atoms with E-state index >= 15 is 0 Å². The number of ether oxygens (including phenoxy) is 1. The molecule has 0 bridgehead atoms. The van der Waals surface area contributed by atoms with E-state index in [0.29, 0.717) is 10.8 Å². The molecule has 18 heavy (non-hydrogen) atoms. The molecule has 100 valence electrons. The van der Waals surface area contributed by atoms with E-state index in [4.69, 9.17) is 33.0 Å². The summed E-state index contributed by atoms with van der Waals surface area (Å²) in [6.07, 6.45) is 4.21. The monoisotopic (exact) mass is 290 g/mol. The van der Waals surface area contributed by atoms with Gasteiger partial charge in [0.05, 0.1) is 5.02 Å². The van der Waals surface area contributed by atoms with Gasteiger partial charge in [-0.05, 0) is 24.5 Å². The third-order valence-corrected chi connectivity index (χ3v) is 3.43. The normalized spacial score (nSPS) is 10.4. The summed E-state index contributed by atoms with van der Waals surface area (Å²) < 4.78 is 5.04. The maximum Gasteiger partial charge on any atom is 0.341 e. The molecule has 0 fully saturated rings. The lowest BCUT2D eigenvalue weighted by atomic mass is 10.1. The van der Waals surface area contributed by atoms with Gasteiger partial charge in [0.15, 0.2) is 6.61 Å². The lowest BCUT2D eigenvalue weighted by molar-refractivity contribution is -0.139. The van der Waals surface area contributed by atoms with E-state index in [-0.39, 0.29) is 5.02 Å². The highest BCUT2D eigenvalue weighted by molar-refractivity contribution is 6.43. The molecule has 0 saturated heterocycles. The van der Waals surface area contributed by atoms with E-state index in [1.807, 2.05) is 6.07 Å². The van der Waals surface area contributed by atoms with Crippen LogP contribution in [0.5, 0.6) is 5.75 Å². The highest BCUT2D eigenvalue weighted by atomic mass is 35.5. The van der Waals surface area contributed by atoms with Crippen LogP contribution in [0.1, 0.15) is 31.7 Å². The molecule has 0 atom stereocenters. The number of aryl methyl sites for hydroxylation is 1. The first-order chi connectivity index (χ1) is 8.56. The van der Waals surface area contributed by atoms with E-state index in [0.717, 1.165) is 31.2 Å². The van der Waals surface area contributed by atoms with Crippen molar-refractivity contribution in [1.82, 2.24) is 0 Å². The predicted molar refractivity (Wildman–Crippen MR) is 72.8 cm³/mol. The molecule has 0 unspecified atom stereocenters. The van der Waals surface area contributed by atoms with E-state index in [2.05, 4.69) is 6.92 Å². The zero-order chi connectivity index (χ0) is 13.5. The summed E-state index contributed by atoms with van der Waals surface area (Å²) >= 11 is 12.2. The summed E-state index contributed by atoms with van der Waals surface area (Å²) in [7, 11) is 0. The molecular weight excluding hydrogens is 275 g/mol. The van der Waals surface area contributed by atoms with E-state index in [9.17, 15) is 4.79 Å². The van der Waals surface area contributed by atoms with Gasteiger partial charge in [0.2, 0.25) is 0 Å². The van der Waals surface area contributed by atoms with Crippen molar-refractivity contribution in [2.45, 2.75) is 32.6 Å². The van der Waals surface area contributed by atoms with Gasteiger partial charge in [-0.3, -0.25) is 0 Å². The molecule has 1 aromatic rings. The summed E-state index contributed by atoms with van der Waals surface area (Å²) in [5.41, 5.74) is 0.970. The number of unbranched alkanes of at least 4 members (excludes halogenated alkanes) is 2. The van der Waals surface area contributed by atoms with Crippen molar-refractivity contribution in [2.75, 3.05) is 6.61 Å². The summed E-state index contributed by atoms with van der Waals surface area (Å²) in [6.45, 7) is 1.71. The molecule has 1 rings (SSSR count). The summed E-state index contributed by atoms with van der Waals surface area (Å²) in [5, 5.41) is 9.27. The van der Waals surface area contributed by atoms with Crippen molar-refractivity contribution in [1.29, 1.82) is 0 Å². The Morgan fingerprint density at radius 2 is 2.00 bits per heavy atom. The highest BCUT2D eigenvalue weighted by Gasteiger charge is 2.11. The average molecular weight is 291 g/mol. The minimum atomic E-state index is -1.05.